The van der Waals surface area contributed by atoms with E-state index in [4.69, 9.17) is 4.74 Å². The van der Waals surface area contributed by atoms with Crippen molar-refractivity contribution in [1.29, 1.82) is 0 Å². The maximum Gasteiger partial charge on any atom is 0.410 e. The normalized spacial score (nSPS) is 22.4. The minimum atomic E-state index is -0.603. The molecule has 1 fully saturated rings. The average Bonchev–Trinajstić information content (AvgIpc) is 2.81. The molecule has 1 N–H and O–H groups in total. The Bertz CT molecular complexity index is 512. The molecule has 2 unspecified atom stereocenters. The lowest BCUT2D eigenvalue weighted by Gasteiger charge is -2.29. The van der Waals surface area contributed by atoms with Gasteiger partial charge in [-0.2, -0.15) is 0 Å². The smallest absolute Gasteiger partial charge is 0.410 e. The van der Waals surface area contributed by atoms with Crippen LogP contribution in [0.4, 0.5) is 9.18 Å². The molecule has 1 aliphatic heterocycles. The van der Waals surface area contributed by atoms with Crippen LogP contribution in [0, 0.1) is 5.92 Å². The summed E-state index contributed by atoms with van der Waals surface area (Å²) in [5.41, 5.74) is 0.0352. The Labute approximate surface area is 124 Å². The van der Waals surface area contributed by atoms with Gasteiger partial charge in [0.2, 0.25) is 0 Å². The third kappa shape index (κ3) is 3.65. The average molecular weight is 295 g/mol. The predicted molar refractivity (Wildman–Crippen MR) is 77.9 cm³/mol. The van der Waals surface area contributed by atoms with Crippen LogP contribution in [0.5, 0.6) is 5.75 Å². The molecule has 0 spiro atoms. The van der Waals surface area contributed by atoms with E-state index in [0.29, 0.717) is 18.5 Å². The van der Waals surface area contributed by atoms with Crippen LogP contribution in [0.1, 0.15) is 38.8 Å². The lowest BCUT2D eigenvalue weighted by Crippen LogP contribution is -2.37. The van der Waals surface area contributed by atoms with Crippen molar-refractivity contribution in [1.82, 2.24) is 4.90 Å². The summed E-state index contributed by atoms with van der Waals surface area (Å²) in [6.07, 6.45) is 0.0274. The molecule has 1 aromatic rings. The van der Waals surface area contributed by atoms with Crippen LogP contribution in [-0.2, 0) is 4.74 Å². The van der Waals surface area contributed by atoms with Gasteiger partial charge in [-0.3, -0.25) is 4.39 Å². The maximum atomic E-state index is 13.0. The van der Waals surface area contributed by atoms with Gasteiger partial charge in [0.15, 0.2) is 0 Å². The van der Waals surface area contributed by atoms with Crippen LogP contribution in [0.3, 0.4) is 0 Å². The predicted octanol–water partition coefficient (Wildman–Crippen LogP) is 3.66. The molecule has 1 saturated heterocycles. The van der Waals surface area contributed by atoms with Gasteiger partial charge in [-0.05, 0) is 33.3 Å². The van der Waals surface area contributed by atoms with E-state index in [1.54, 1.807) is 45.0 Å². The van der Waals surface area contributed by atoms with Gasteiger partial charge < -0.3 is 14.7 Å². The van der Waals surface area contributed by atoms with Crippen LogP contribution in [-0.4, -0.2) is 34.9 Å². The summed E-state index contributed by atoms with van der Waals surface area (Å²) >= 11 is 0. The van der Waals surface area contributed by atoms with Crippen molar-refractivity contribution in [3.05, 3.63) is 29.8 Å². The van der Waals surface area contributed by atoms with Crippen molar-refractivity contribution in [2.24, 2.45) is 5.92 Å². The molecule has 1 amide bonds. The minimum absolute atomic E-state index is 0.121. The van der Waals surface area contributed by atoms with E-state index >= 15 is 0 Å². The zero-order chi connectivity index (χ0) is 15.6. The van der Waals surface area contributed by atoms with E-state index < -0.39 is 18.4 Å². The Kier molecular flexibility index (Phi) is 4.40. The minimum Gasteiger partial charge on any atom is -0.508 e. The number of carbonyl (C=O) groups excluding carboxylic acids is 1. The zero-order valence-electron chi connectivity index (χ0n) is 12.7. The van der Waals surface area contributed by atoms with Crippen molar-refractivity contribution in [3.8, 4) is 5.75 Å². The van der Waals surface area contributed by atoms with E-state index in [1.165, 1.54) is 4.90 Å². The van der Waals surface area contributed by atoms with Gasteiger partial charge in [0, 0.05) is 18.0 Å². The molecule has 2 atom stereocenters. The van der Waals surface area contributed by atoms with Crippen molar-refractivity contribution in [2.75, 3.05) is 13.2 Å². The summed E-state index contributed by atoms with van der Waals surface area (Å²) in [5.74, 6) is -0.0994. The summed E-state index contributed by atoms with van der Waals surface area (Å²) in [6, 6.07) is 6.51. The lowest BCUT2D eigenvalue weighted by molar-refractivity contribution is 0.0217. The second-order valence-electron chi connectivity index (χ2n) is 6.46. The highest BCUT2D eigenvalue weighted by molar-refractivity contribution is 5.69. The molecule has 0 bridgehead atoms. The Morgan fingerprint density at radius 1 is 1.43 bits per heavy atom. The molecule has 2 rings (SSSR count). The van der Waals surface area contributed by atoms with Gasteiger partial charge in [-0.1, -0.05) is 18.2 Å². The molecular weight excluding hydrogens is 273 g/mol. The van der Waals surface area contributed by atoms with Gasteiger partial charge in [0.05, 0.1) is 12.7 Å². The zero-order valence-corrected chi connectivity index (χ0v) is 12.7. The number of amides is 1. The molecular formula is C16H22FNO3. The Morgan fingerprint density at radius 2 is 2.10 bits per heavy atom. The third-order valence-electron chi connectivity index (χ3n) is 3.53. The number of carbonyl (C=O) groups is 1. The topological polar surface area (TPSA) is 49.8 Å². The molecule has 4 nitrogen and oxygen atoms in total. The van der Waals surface area contributed by atoms with E-state index in [1.807, 2.05) is 0 Å². The number of halogens is 1. The molecule has 0 aliphatic carbocycles. The molecule has 21 heavy (non-hydrogen) atoms. The van der Waals surface area contributed by atoms with Crippen molar-refractivity contribution < 1.29 is 19.0 Å². The Balaban J connectivity index is 2.25. The van der Waals surface area contributed by atoms with Crippen LogP contribution in [0.25, 0.3) is 0 Å². The number of phenols is 1. The summed E-state index contributed by atoms with van der Waals surface area (Å²) in [4.78, 5) is 13.8. The fourth-order valence-electron chi connectivity index (χ4n) is 2.62. The highest BCUT2D eigenvalue weighted by Gasteiger charge is 2.39. The quantitative estimate of drug-likeness (QED) is 0.906. The highest BCUT2D eigenvalue weighted by atomic mass is 19.1. The van der Waals surface area contributed by atoms with E-state index in [9.17, 15) is 14.3 Å². The second-order valence-corrected chi connectivity index (χ2v) is 6.46. The molecule has 1 heterocycles. The number of benzene rings is 1. The number of hydrogen-bond donors (Lipinski definition) is 1. The van der Waals surface area contributed by atoms with Crippen molar-refractivity contribution in [3.63, 3.8) is 0 Å². The second kappa shape index (κ2) is 5.92. The number of phenolic OH excluding ortho intramolecular Hbond substituents is 1. The van der Waals surface area contributed by atoms with Crippen LogP contribution in [0.15, 0.2) is 24.3 Å². The number of hydrogen-bond acceptors (Lipinski definition) is 3. The number of aromatic hydroxyl groups is 1. The molecule has 1 aliphatic rings. The van der Waals surface area contributed by atoms with Crippen molar-refractivity contribution in [2.45, 2.75) is 38.8 Å². The monoisotopic (exact) mass is 295 g/mol. The first-order valence-electron chi connectivity index (χ1n) is 7.15. The first-order valence-corrected chi connectivity index (χ1v) is 7.15. The summed E-state index contributed by atoms with van der Waals surface area (Å²) in [7, 11) is 0. The van der Waals surface area contributed by atoms with Crippen molar-refractivity contribution >= 4 is 6.09 Å². The largest absolute Gasteiger partial charge is 0.508 e. The van der Waals surface area contributed by atoms with Gasteiger partial charge in [-0.15, -0.1) is 0 Å². The van der Waals surface area contributed by atoms with E-state index in [-0.39, 0.29) is 17.7 Å². The lowest BCUT2D eigenvalue weighted by atomic mass is 10.00. The van der Waals surface area contributed by atoms with Crippen LogP contribution in [0.2, 0.25) is 0 Å². The number of nitrogens with zero attached hydrogens (tertiary/aromatic N) is 1. The first kappa shape index (κ1) is 15.6. The number of rotatable bonds is 2. The van der Waals surface area contributed by atoms with Gasteiger partial charge in [-0.25, -0.2) is 4.79 Å². The molecule has 1 aromatic carbocycles. The summed E-state index contributed by atoms with van der Waals surface area (Å²) < 4.78 is 18.4. The summed E-state index contributed by atoms with van der Waals surface area (Å²) in [5, 5.41) is 9.99. The summed E-state index contributed by atoms with van der Waals surface area (Å²) in [6.45, 7) is 5.21. The van der Waals surface area contributed by atoms with Crippen LogP contribution >= 0.6 is 0 Å². The SMILES string of the molecule is CC(C)(C)OC(=O)N1CC(CF)CC1c1ccccc1O. The highest BCUT2D eigenvalue weighted by Crippen LogP contribution is 2.39. The standard InChI is InChI=1S/C16H22FNO3/c1-16(2,3)21-15(20)18-10-11(9-17)8-13(18)12-6-4-5-7-14(12)19/h4-7,11,13,19H,8-10H2,1-3H3. The number of para-hydroxylation sites is 1. The molecule has 116 valence electrons. The molecule has 0 aromatic heterocycles. The van der Waals surface area contributed by atoms with E-state index in [2.05, 4.69) is 0 Å². The van der Waals surface area contributed by atoms with Gasteiger partial charge in [0.25, 0.3) is 0 Å². The fourth-order valence-corrected chi connectivity index (χ4v) is 2.62. The third-order valence-corrected chi connectivity index (χ3v) is 3.53. The Hall–Kier alpha value is -1.78. The molecule has 5 heteroatoms. The molecule has 0 saturated carbocycles. The van der Waals surface area contributed by atoms with Crippen LogP contribution < -0.4 is 0 Å². The number of ether oxygens (including phenoxy) is 1. The van der Waals surface area contributed by atoms with Gasteiger partial charge in [0.1, 0.15) is 11.4 Å². The first-order chi connectivity index (χ1) is 9.81. The van der Waals surface area contributed by atoms with Gasteiger partial charge >= 0.3 is 6.09 Å². The fraction of sp³-hybridized carbons (Fsp3) is 0.562. The van der Waals surface area contributed by atoms with E-state index in [0.717, 1.165) is 0 Å². The molecule has 0 radical (unpaired) electrons. The number of likely N-dealkylation sites (tertiary alicyclic amines) is 1. The number of alkyl halides is 1. The maximum absolute atomic E-state index is 13.0. The Morgan fingerprint density at radius 3 is 2.67 bits per heavy atom.